The molecule has 0 aliphatic carbocycles. The number of rotatable bonds is 5. The lowest BCUT2D eigenvalue weighted by atomic mass is 10.4. The van der Waals surface area contributed by atoms with E-state index >= 15 is 0 Å². The third-order valence-electron chi connectivity index (χ3n) is 2.63. The average molecular weight is 310 g/mol. The van der Waals surface area contributed by atoms with E-state index in [0.29, 0.717) is 11.7 Å². The summed E-state index contributed by atoms with van der Waals surface area (Å²) in [5.41, 5.74) is 0.757. The summed E-state index contributed by atoms with van der Waals surface area (Å²) in [5.74, 6) is -1.14. The zero-order chi connectivity index (χ0) is 15.4. The molecular formula is C11H14N6O3S. The summed E-state index contributed by atoms with van der Waals surface area (Å²) >= 11 is 1.40. The second-order valence-electron chi connectivity index (χ2n) is 4.21. The summed E-state index contributed by atoms with van der Waals surface area (Å²) < 4.78 is 1.35. The van der Waals surface area contributed by atoms with E-state index in [-0.39, 0.29) is 18.3 Å². The summed E-state index contributed by atoms with van der Waals surface area (Å²) in [5, 5.41) is 21.6. The van der Waals surface area contributed by atoms with Crippen molar-refractivity contribution in [2.24, 2.45) is 0 Å². The Labute approximate surface area is 124 Å². The summed E-state index contributed by atoms with van der Waals surface area (Å²) in [4.78, 5) is 27.5. The highest BCUT2D eigenvalue weighted by Crippen LogP contribution is 2.20. The third kappa shape index (κ3) is 3.99. The van der Waals surface area contributed by atoms with Crippen LogP contribution in [0.5, 0.6) is 0 Å². The highest BCUT2D eigenvalue weighted by molar-refractivity contribution is 7.15. The molecule has 2 heterocycles. The van der Waals surface area contributed by atoms with Crippen molar-refractivity contribution < 1.29 is 14.7 Å². The monoisotopic (exact) mass is 310 g/mol. The van der Waals surface area contributed by atoms with E-state index in [2.05, 4.69) is 25.9 Å². The van der Waals surface area contributed by atoms with E-state index in [1.54, 1.807) is 0 Å². The Morgan fingerprint density at radius 3 is 2.76 bits per heavy atom. The molecule has 112 valence electrons. The van der Waals surface area contributed by atoms with Gasteiger partial charge in [0.2, 0.25) is 0 Å². The molecule has 0 radical (unpaired) electrons. The number of aryl methyl sites for hydroxylation is 2. The second-order valence-corrected chi connectivity index (χ2v) is 5.42. The molecule has 3 N–H and O–H groups in total. The smallest absolute Gasteiger partial charge is 0.358 e. The normalized spacial score (nSPS) is 10.4. The summed E-state index contributed by atoms with van der Waals surface area (Å²) in [7, 11) is 0. The van der Waals surface area contributed by atoms with Crippen LogP contribution >= 0.6 is 11.3 Å². The zero-order valence-corrected chi connectivity index (χ0v) is 12.3. The number of carbonyl (C=O) groups excluding carboxylic acids is 1. The fourth-order valence-corrected chi connectivity index (χ4v) is 2.27. The predicted molar refractivity (Wildman–Crippen MR) is 75.6 cm³/mol. The first-order valence-corrected chi connectivity index (χ1v) is 6.89. The van der Waals surface area contributed by atoms with Gasteiger partial charge in [-0.25, -0.2) is 19.3 Å². The molecule has 0 saturated carbocycles. The largest absolute Gasteiger partial charge is 0.476 e. The van der Waals surface area contributed by atoms with Crippen LogP contribution in [0.1, 0.15) is 21.1 Å². The van der Waals surface area contributed by atoms with Gasteiger partial charge in [-0.2, -0.15) is 0 Å². The first kappa shape index (κ1) is 14.9. The van der Waals surface area contributed by atoms with Gasteiger partial charge in [-0.3, -0.25) is 5.32 Å². The molecule has 10 heteroatoms. The number of aromatic carboxylic acids is 1. The topological polar surface area (TPSA) is 122 Å². The van der Waals surface area contributed by atoms with Gasteiger partial charge in [0.05, 0.1) is 18.4 Å². The molecule has 0 saturated heterocycles. The number of carboxylic acids is 1. The molecule has 2 rings (SSSR count). The van der Waals surface area contributed by atoms with E-state index in [1.807, 2.05) is 13.8 Å². The zero-order valence-electron chi connectivity index (χ0n) is 11.5. The molecule has 2 amide bonds. The molecule has 0 aliphatic rings. The minimum Gasteiger partial charge on any atom is -0.476 e. The maximum absolute atomic E-state index is 11.6. The van der Waals surface area contributed by atoms with Gasteiger partial charge < -0.3 is 10.4 Å². The van der Waals surface area contributed by atoms with Crippen molar-refractivity contribution in [2.75, 3.05) is 11.9 Å². The van der Waals surface area contributed by atoms with Crippen molar-refractivity contribution in [3.8, 4) is 0 Å². The van der Waals surface area contributed by atoms with Crippen LogP contribution in [-0.4, -0.2) is 43.6 Å². The van der Waals surface area contributed by atoms with Gasteiger partial charge in [-0.1, -0.05) is 5.21 Å². The van der Waals surface area contributed by atoms with E-state index in [9.17, 15) is 9.59 Å². The van der Waals surface area contributed by atoms with E-state index in [1.165, 1.54) is 22.2 Å². The molecule has 21 heavy (non-hydrogen) atoms. The van der Waals surface area contributed by atoms with Crippen LogP contribution in [0.4, 0.5) is 9.93 Å². The van der Waals surface area contributed by atoms with Gasteiger partial charge >= 0.3 is 12.0 Å². The number of nitrogens with one attached hydrogen (secondary N) is 2. The number of anilines is 1. The van der Waals surface area contributed by atoms with Crippen LogP contribution in [0.15, 0.2) is 6.20 Å². The summed E-state index contributed by atoms with van der Waals surface area (Å²) in [6, 6.07) is -0.373. The van der Waals surface area contributed by atoms with Gasteiger partial charge in [0.25, 0.3) is 0 Å². The minimum atomic E-state index is -1.14. The van der Waals surface area contributed by atoms with Gasteiger partial charge in [0.1, 0.15) is 0 Å². The van der Waals surface area contributed by atoms with Crippen LogP contribution in [0, 0.1) is 13.8 Å². The maximum atomic E-state index is 11.6. The van der Waals surface area contributed by atoms with Crippen molar-refractivity contribution in [1.82, 2.24) is 25.3 Å². The molecule has 0 bridgehead atoms. The Hall–Kier alpha value is -2.49. The lowest BCUT2D eigenvalue weighted by Crippen LogP contribution is -2.31. The highest BCUT2D eigenvalue weighted by Gasteiger charge is 2.09. The standard InChI is InChI=1S/C11H14N6O3S/c1-6-7(2)21-11(13-6)14-10(20)12-3-4-17-5-8(9(18)19)15-16-17/h5H,3-4H2,1-2H3,(H,18,19)(H2,12,13,14,20). The minimum absolute atomic E-state index is 0.131. The SMILES string of the molecule is Cc1nc(NC(=O)NCCn2cc(C(=O)O)nn2)sc1C. The van der Waals surface area contributed by atoms with Crippen molar-refractivity contribution in [1.29, 1.82) is 0 Å². The lowest BCUT2D eigenvalue weighted by Gasteiger charge is -2.04. The first-order chi connectivity index (χ1) is 9.95. The molecule has 0 aromatic carbocycles. The summed E-state index contributed by atoms with van der Waals surface area (Å²) in [6.07, 6.45) is 1.30. The number of aromatic nitrogens is 4. The Kier molecular flexibility index (Phi) is 4.48. The Balaban J connectivity index is 1.77. The van der Waals surface area contributed by atoms with Gasteiger partial charge in [0.15, 0.2) is 10.8 Å². The van der Waals surface area contributed by atoms with E-state index in [0.717, 1.165) is 10.6 Å². The van der Waals surface area contributed by atoms with Crippen molar-refractivity contribution in [3.63, 3.8) is 0 Å². The fourth-order valence-electron chi connectivity index (χ4n) is 1.46. The number of urea groups is 1. The molecule has 0 unspecified atom stereocenters. The predicted octanol–water partition coefficient (Wildman–Crippen LogP) is 0.871. The molecule has 9 nitrogen and oxygen atoms in total. The van der Waals surface area contributed by atoms with E-state index in [4.69, 9.17) is 5.11 Å². The average Bonchev–Trinajstić information content (AvgIpc) is 2.98. The lowest BCUT2D eigenvalue weighted by molar-refractivity contribution is 0.0690. The second kappa shape index (κ2) is 6.31. The Morgan fingerprint density at radius 2 is 2.19 bits per heavy atom. The van der Waals surface area contributed by atoms with Crippen LogP contribution in [-0.2, 0) is 6.54 Å². The number of nitrogens with zero attached hydrogens (tertiary/aromatic N) is 4. The third-order valence-corrected chi connectivity index (χ3v) is 3.62. The van der Waals surface area contributed by atoms with Crippen molar-refractivity contribution in [2.45, 2.75) is 20.4 Å². The van der Waals surface area contributed by atoms with Crippen LogP contribution < -0.4 is 10.6 Å². The molecule has 0 fully saturated rings. The molecule has 0 spiro atoms. The van der Waals surface area contributed by atoms with Gasteiger partial charge in [0, 0.05) is 11.4 Å². The Morgan fingerprint density at radius 1 is 1.43 bits per heavy atom. The molecule has 2 aromatic rings. The van der Waals surface area contributed by atoms with Crippen molar-refractivity contribution >= 4 is 28.5 Å². The number of hydrogen-bond donors (Lipinski definition) is 3. The molecule has 2 aromatic heterocycles. The fraction of sp³-hybridized carbons (Fsp3) is 0.364. The van der Waals surface area contributed by atoms with Crippen LogP contribution in [0.25, 0.3) is 0 Å². The van der Waals surface area contributed by atoms with Crippen molar-refractivity contribution in [3.05, 3.63) is 22.5 Å². The van der Waals surface area contributed by atoms with E-state index < -0.39 is 5.97 Å². The highest BCUT2D eigenvalue weighted by atomic mass is 32.1. The van der Waals surface area contributed by atoms with Crippen LogP contribution in [0.3, 0.4) is 0 Å². The first-order valence-electron chi connectivity index (χ1n) is 6.08. The molecule has 0 atom stereocenters. The number of carboxylic acid groups (broad SMARTS) is 1. The van der Waals surface area contributed by atoms with Gasteiger partial charge in [-0.05, 0) is 13.8 Å². The summed E-state index contributed by atoms with van der Waals surface area (Å²) in [6.45, 7) is 4.42. The van der Waals surface area contributed by atoms with Crippen LogP contribution in [0.2, 0.25) is 0 Å². The Bertz CT molecular complexity index is 645. The van der Waals surface area contributed by atoms with Gasteiger partial charge in [-0.15, -0.1) is 16.4 Å². The number of thiazole rings is 1. The quantitative estimate of drug-likeness (QED) is 0.753. The molecular weight excluding hydrogens is 296 g/mol. The number of amides is 2. The molecule has 0 aliphatic heterocycles. The number of carbonyl (C=O) groups is 2. The number of hydrogen-bond acceptors (Lipinski definition) is 6. The maximum Gasteiger partial charge on any atom is 0.358 e.